The van der Waals surface area contributed by atoms with Crippen molar-refractivity contribution in [3.05, 3.63) is 68.5 Å². The number of ether oxygens (including phenoxy) is 2. The van der Waals surface area contributed by atoms with Gasteiger partial charge in [0.15, 0.2) is 0 Å². The molecule has 3 N–H and O–H groups in total. The molecule has 0 aliphatic carbocycles. The van der Waals surface area contributed by atoms with Gasteiger partial charge < -0.3 is 20.2 Å². The first-order chi connectivity index (χ1) is 13.4. The van der Waals surface area contributed by atoms with Crippen molar-refractivity contribution in [3.8, 4) is 6.07 Å². The summed E-state index contributed by atoms with van der Waals surface area (Å²) in [5.74, 6) is -1.52. The highest BCUT2D eigenvalue weighted by Crippen LogP contribution is 2.38. The number of esters is 1. The summed E-state index contributed by atoms with van der Waals surface area (Å²) < 4.78 is 10.5. The van der Waals surface area contributed by atoms with Gasteiger partial charge in [-0.05, 0) is 49.4 Å². The Morgan fingerprint density at radius 1 is 1.36 bits per heavy atom. The van der Waals surface area contributed by atoms with E-state index in [1.54, 1.807) is 19.9 Å². The van der Waals surface area contributed by atoms with Crippen LogP contribution in [0.1, 0.15) is 37.8 Å². The number of H-pyrrole nitrogens is 1. The first-order valence-electron chi connectivity index (χ1n) is 9.02. The minimum absolute atomic E-state index is 0.00477. The largest absolute Gasteiger partial charge is 0.463 e. The Morgan fingerprint density at radius 2 is 2.11 bits per heavy atom. The van der Waals surface area contributed by atoms with Crippen molar-refractivity contribution < 1.29 is 14.3 Å². The predicted octanol–water partition coefficient (Wildman–Crippen LogP) is 2.74. The fraction of sp³-hybridized carbons (Fsp3) is 0.286. The Balaban J connectivity index is 2.28. The van der Waals surface area contributed by atoms with Crippen LogP contribution in [-0.4, -0.2) is 17.6 Å². The number of carbonyl (C=O) groups is 1. The minimum Gasteiger partial charge on any atom is -0.463 e. The number of aromatic nitrogens is 1. The van der Waals surface area contributed by atoms with Gasteiger partial charge in [0.05, 0.1) is 18.1 Å². The molecule has 0 radical (unpaired) electrons. The second-order valence-electron chi connectivity index (χ2n) is 6.44. The van der Waals surface area contributed by atoms with Crippen molar-refractivity contribution in [3.63, 3.8) is 0 Å². The molecule has 28 heavy (non-hydrogen) atoms. The van der Waals surface area contributed by atoms with Crippen molar-refractivity contribution in [1.82, 2.24) is 4.98 Å². The van der Waals surface area contributed by atoms with Crippen molar-refractivity contribution in [2.75, 3.05) is 6.61 Å². The van der Waals surface area contributed by atoms with Crippen LogP contribution in [0, 0.1) is 11.3 Å². The number of aromatic amines is 1. The third kappa shape index (κ3) is 3.25. The summed E-state index contributed by atoms with van der Waals surface area (Å²) in [6.45, 7) is 5.42. The van der Waals surface area contributed by atoms with Gasteiger partial charge in [0.1, 0.15) is 17.4 Å². The topological polar surface area (TPSA) is 118 Å². The highest BCUT2D eigenvalue weighted by Gasteiger charge is 2.37. The molecule has 3 rings (SSSR count). The number of allylic oxidation sites excluding steroid dienone is 2. The number of fused-ring (bicyclic) bond motifs is 1. The maximum Gasteiger partial charge on any atom is 0.338 e. The highest BCUT2D eigenvalue weighted by atomic mass is 16.5. The van der Waals surface area contributed by atoms with E-state index in [1.165, 1.54) is 0 Å². The number of aryl methyl sites for hydroxylation is 1. The summed E-state index contributed by atoms with van der Waals surface area (Å²) in [4.78, 5) is 28.3. The van der Waals surface area contributed by atoms with Crippen LogP contribution in [0.25, 0.3) is 10.9 Å². The van der Waals surface area contributed by atoms with E-state index >= 15 is 0 Å². The number of benzene rings is 1. The third-order valence-corrected chi connectivity index (χ3v) is 4.76. The molecule has 0 saturated carbocycles. The van der Waals surface area contributed by atoms with Crippen molar-refractivity contribution in [1.29, 1.82) is 5.26 Å². The second-order valence-corrected chi connectivity index (χ2v) is 6.44. The molecule has 1 aliphatic heterocycles. The van der Waals surface area contributed by atoms with Crippen LogP contribution in [0.5, 0.6) is 0 Å². The predicted molar refractivity (Wildman–Crippen MR) is 104 cm³/mol. The number of pyridine rings is 1. The summed E-state index contributed by atoms with van der Waals surface area (Å²) in [6.07, 6.45) is 0.838. The Bertz CT molecular complexity index is 1120. The van der Waals surface area contributed by atoms with E-state index in [2.05, 4.69) is 4.98 Å². The average molecular weight is 379 g/mol. The molecule has 0 bridgehead atoms. The van der Waals surface area contributed by atoms with E-state index in [9.17, 15) is 14.9 Å². The molecule has 2 heterocycles. The van der Waals surface area contributed by atoms with Crippen molar-refractivity contribution in [2.45, 2.75) is 33.1 Å². The first-order valence-corrected chi connectivity index (χ1v) is 9.02. The maximum absolute atomic E-state index is 12.8. The molecule has 1 aliphatic rings. The van der Waals surface area contributed by atoms with Crippen LogP contribution < -0.4 is 11.3 Å². The number of hydrogen-bond acceptors (Lipinski definition) is 6. The van der Waals surface area contributed by atoms with E-state index < -0.39 is 17.4 Å². The lowest BCUT2D eigenvalue weighted by Crippen LogP contribution is -2.29. The summed E-state index contributed by atoms with van der Waals surface area (Å²) in [6, 6.07) is 9.43. The van der Waals surface area contributed by atoms with Crippen LogP contribution in [-0.2, 0) is 20.7 Å². The molecular formula is C21H21N3O4. The Hall–Kier alpha value is -3.53. The quantitative estimate of drug-likeness (QED) is 0.789. The zero-order valence-corrected chi connectivity index (χ0v) is 16.0. The summed E-state index contributed by atoms with van der Waals surface area (Å²) in [5, 5.41) is 10.4. The fourth-order valence-corrected chi connectivity index (χ4v) is 3.37. The van der Waals surface area contributed by atoms with Gasteiger partial charge in [-0.15, -0.1) is 0 Å². The fourth-order valence-electron chi connectivity index (χ4n) is 3.37. The minimum atomic E-state index is -0.962. The Labute approximate surface area is 162 Å². The molecule has 2 aromatic rings. The standard InChI is InChI=1S/C21H21N3O4/c1-4-12-6-7-16-13(8-12)9-14(20(25)24-16)18-15(10-22)19(23)28-11(3)17(18)21(26)27-5-2/h6-9,18H,4-5,23H2,1-3H3,(H,24,25). The number of carbonyl (C=O) groups excluding carboxylic acids is 1. The number of rotatable bonds is 4. The van der Waals surface area contributed by atoms with Gasteiger partial charge in [-0.25, -0.2) is 4.79 Å². The van der Waals surface area contributed by atoms with E-state index in [-0.39, 0.29) is 35.0 Å². The van der Waals surface area contributed by atoms with Gasteiger partial charge in [-0.3, -0.25) is 4.79 Å². The van der Waals surface area contributed by atoms with Gasteiger partial charge in [0.2, 0.25) is 5.88 Å². The van der Waals surface area contributed by atoms with Crippen LogP contribution in [0.3, 0.4) is 0 Å². The molecule has 0 amide bonds. The molecule has 1 aromatic heterocycles. The summed E-state index contributed by atoms with van der Waals surface area (Å²) in [7, 11) is 0. The van der Waals surface area contributed by atoms with E-state index in [1.807, 2.05) is 31.2 Å². The zero-order valence-electron chi connectivity index (χ0n) is 16.0. The van der Waals surface area contributed by atoms with Gasteiger partial charge in [-0.1, -0.05) is 13.0 Å². The summed E-state index contributed by atoms with van der Waals surface area (Å²) in [5.41, 5.74) is 7.61. The molecule has 1 unspecified atom stereocenters. The molecule has 7 nitrogen and oxygen atoms in total. The lowest BCUT2D eigenvalue weighted by atomic mass is 9.83. The van der Waals surface area contributed by atoms with Crippen molar-refractivity contribution in [2.24, 2.45) is 5.73 Å². The maximum atomic E-state index is 12.8. The van der Waals surface area contributed by atoms with Gasteiger partial charge >= 0.3 is 5.97 Å². The van der Waals surface area contributed by atoms with Crippen LogP contribution in [0.2, 0.25) is 0 Å². The van der Waals surface area contributed by atoms with Crippen molar-refractivity contribution >= 4 is 16.9 Å². The number of nitrogens with one attached hydrogen (secondary N) is 1. The third-order valence-electron chi connectivity index (χ3n) is 4.76. The number of nitrogens with zero attached hydrogens (tertiary/aromatic N) is 1. The lowest BCUT2D eigenvalue weighted by Gasteiger charge is -2.26. The monoisotopic (exact) mass is 379 g/mol. The molecule has 1 aromatic carbocycles. The number of nitriles is 1. The Kier molecular flexibility index (Phi) is 5.23. The summed E-state index contributed by atoms with van der Waals surface area (Å²) >= 11 is 0. The van der Waals surface area contributed by atoms with E-state index in [4.69, 9.17) is 15.2 Å². The van der Waals surface area contributed by atoms with Crippen LogP contribution >= 0.6 is 0 Å². The van der Waals surface area contributed by atoms with Gasteiger partial charge in [0.25, 0.3) is 5.56 Å². The first kappa shape index (κ1) is 19.2. The highest BCUT2D eigenvalue weighted by molar-refractivity contribution is 5.93. The molecule has 0 spiro atoms. The number of nitrogens with two attached hydrogens (primary N) is 1. The normalized spacial score (nSPS) is 16.7. The smallest absolute Gasteiger partial charge is 0.338 e. The Morgan fingerprint density at radius 3 is 2.75 bits per heavy atom. The average Bonchev–Trinajstić information content (AvgIpc) is 2.66. The number of hydrogen-bond donors (Lipinski definition) is 2. The lowest BCUT2D eigenvalue weighted by molar-refractivity contribution is -0.139. The molecule has 0 fully saturated rings. The molecule has 144 valence electrons. The molecule has 1 atom stereocenters. The van der Waals surface area contributed by atoms with Crippen LogP contribution in [0.4, 0.5) is 0 Å². The van der Waals surface area contributed by atoms with E-state index in [0.29, 0.717) is 5.52 Å². The second kappa shape index (κ2) is 7.61. The van der Waals surface area contributed by atoms with Crippen LogP contribution in [0.15, 0.2) is 51.8 Å². The van der Waals surface area contributed by atoms with E-state index in [0.717, 1.165) is 17.4 Å². The molecule has 7 heteroatoms. The van der Waals surface area contributed by atoms with Gasteiger partial charge in [0, 0.05) is 11.1 Å². The molecular weight excluding hydrogens is 358 g/mol. The van der Waals surface area contributed by atoms with Gasteiger partial charge in [-0.2, -0.15) is 5.26 Å². The molecule has 0 saturated heterocycles. The zero-order chi connectivity index (χ0) is 20.4. The SMILES string of the molecule is CCOC(=O)C1=C(C)OC(N)=C(C#N)C1c1cc2cc(CC)ccc2[nH]c1=O.